The van der Waals surface area contributed by atoms with Crippen LogP contribution >= 0.6 is 0 Å². The summed E-state index contributed by atoms with van der Waals surface area (Å²) in [6.45, 7) is 1.14. The summed E-state index contributed by atoms with van der Waals surface area (Å²) in [6.07, 6.45) is -2.21. The van der Waals surface area contributed by atoms with Gasteiger partial charge in [0.15, 0.2) is 6.23 Å². The lowest BCUT2D eigenvalue weighted by molar-refractivity contribution is -0.0550. The maximum atomic E-state index is 11.4. The van der Waals surface area contributed by atoms with Crippen LogP contribution in [0.2, 0.25) is 0 Å². The molecule has 142 valence electrons. The van der Waals surface area contributed by atoms with E-state index in [9.17, 15) is 29.4 Å². The summed E-state index contributed by atoms with van der Waals surface area (Å²) in [5, 5.41) is 28.1. The van der Waals surface area contributed by atoms with Gasteiger partial charge in [0.05, 0.1) is 6.61 Å². The molecular formula is C14H18N4O8. The van der Waals surface area contributed by atoms with E-state index in [1.807, 2.05) is 4.98 Å². The summed E-state index contributed by atoms with van der Waals surface area (Å²) in [7, 11) is 0. The molecule has 1 aliphatic heterocycles. The van der Waals surface area contributed by atoms with Crippen LogP contribution in [0.1, 0.15) is 11.8 Å². The van der Waals surface area contributed by atoms with E-state index in [2.05, 4.69) is 9.97 Å². The van der Waals surface area contributed by atoms with Crippen molar-refractivity contribution < 1.29 is 20.1 Å². The summed E-state index contributed by atoms with van der Waals surface area (Å²) in [5.41, 5.74) is -1.62. The number of nitrogens with zero attached hydrogens (tertiary/aromatic N) is 1. The van der Waals surface area contributed by atoms with Crippen molar-refractivity contribution in [3.05, 3.63) is 65.7 Å². The summed E-state index contributed by atoms with van der Waals surface area (Å²) in [5.74, 6) is 0. The number of H-pyrrole nitrogens is 3. The predicted octanol–water partition coefficient (Wildman–Crippen LogP) is -3.48. The zero-order chi connectivity index (χ0) is 19.4. The van der Waals surface area contributed by atoms with Crippen molar-refractivity contribution in [3.63, 3.8) is 0 Å². The molecule has 0 saturated carbocycles. The Labute approximate surface area is 144 Å². The van der Waals surface area contributed by atoms with Gasteiger partial charge in [0, 0.05) is 24.0 Å². The molecule has 3 heterocycles. The summed E-state index contributed by atoms with van der Waals surface area (Å²) in [4.78, 5) is 49.6. The molecule has 2 aromatic rings. The van der Waals surface area contributed by atoms with Gasteiger partial charge in [0.25, 0.3) is 11.1 Å². The Kier molecular flexibility index (Phi) is 6.05. The Morgan fingerprint density at radius 2 is 1.85 bits per heavy atom. The van der Waals surface area contributed by atoms with Gasteiger partial charge < -0.3 is 25.0 Å². The third-order valence-corrected chi connectivity index (χ3v) is 3.65. The van der Waals surface area contributed by atoms with E-state index in [-0.39, 0.29) is 5.56 Å². The van der Waals surface area contributed by atoms with Gasteiger partial charge in [0.2, 0.25) is 0 Å². The summed E-state index contributed by atoms with van der Waals surface area (Å²) >= 11 is 0. The van der Waals surface area contributed by atoms with Gasteiger partial charge in [-0.3, -0.25) is 24.1 Å². The quantitative estimate of drug-likeness (QED) is 0.314. The highest BCUT2D eigenvalue weighted by molar-refractivity contribution is 4.98. The van der Waals surface area contributed by atoms with E-state index in [1.54, 1.807) is 6.92 Å². The molecule has 3 rings (SSSR count). The summed E-state index contributed by atoms with van der Waals surface area (Å²) < 4.78 is 6.08. The fraction of sp³-hybridized carbons (Fsp3) is 0.429. The van der Waals surface area contributed by atoms with Crippen molar-refractivity contribution in [2.75, 3.05) is 6.61 Å². The minimum Gasteiger partial charge on any atom is -0.394 e. The molecule has 12 heteroatoms. The first-order valence-electron chi connectivity index (χ1n) is 7.47. The van der Waals surface area contributed by atoms with E-state index >= 15 is 0 Å². The lowest BCUT2D eigenvalue weighted by Crippen LogP contribution is -2.37. The van der Waals surface area contributed by atoms with Crippen LogP contribution in [-0.2, 0) is 4.74 Å². The van der Waals surface area contributed by atoms with Gasteiger partial charge in [-0.15, -0.1) is 0 Å². The van der Waals surface area contributed by atoms with Gasteiger partial charge in [-0.25, -0.2) is 9.59 Å². The fourth-order valence-electron chi connectivity index (χ4n) is 2.21. The lowest BCUT2D eigenvalue weighted by atomic mass is 10.1. The van der Waals surface area contributed by atoms with Crippen LogP contribution in [0.15, 0.2) is 37.6 Å². The molecule has 2 aromatic heterocycles. The predicted molar refractivity (Wildman–Crippen MR) is 86.8 cm³/mol. The Balaban J connectivity index is 0.000000228. The third kappa shape index (κ3) is 4.23. The van der Waals surface area contributed by atoms with E-state index in [4.69, 9.17) is 9.84 Å². The Morgan fingerprint density at radius 1 is 1.15 bits per heavy atom. The van der Waals surface area contributed by atoms with Crippen LogP contribution in [-0.4, -0.2) is 59.8 Å². The first-order chi connectivity index (χ1) is 12.2. The molecule has 12 nitrogen and oxygen atoms in total. The molecule has 0 aliphatic carbocycles. The van der Waals surface area contributed by atoms with Gasteiger partial charge in [-0.05, 0) is 6.92 Å². The second-order valence-corrected chi connectivity index (χ2v) is 5.50. The largest absolute Gasteiger partial charge is 0.394 e. The smallest absolute Gasteiger partial charge is 0.330 e. The molecule has 1 saturated heterocycles. The number of aryl methyl sites for hydroxylation is 1. The van der Waals surface area contributed by atoms with Crippen molar-refractivity contribution in [1.82, 2.24) is 19.5 Å². The van der Waals surface area contributed by atoms with Crippen LogP contribution < -0.4 is 22.5 Å². The lowest BCUT2D eigenvalue weighted by Gasteiger charge is -2.16. The number of aliphatic hydroxyl groups is 3. The molecule has 0 radical (unpaired) electrons. The molecule has 0 amide bonds. The topological polar surface area (TPSA) is 190 Å². The Hall–Kier alpha value is -2.80. The minimum atomic E-state index is -1.35. The van der Waals surface area contributed by atoms with Gasteiger partial charge in [-0.2, -0.15) is 0 Å². The van der Waals surface area contributed by atoms with E-state index < -0.39 is 48.1 Å². The fourth-order valence-corrected chi connectivity index (χ4v) is 2.21. The maximum Gasteiger partial charge on any atom is 0.330 e. The van der Waals surface area contributed by atoms with E-state index in [0.717, 1.165) is 16.8 Å². The highest BCUT2D eigenvalue weighted by atomic mass is 16.6. The average Bonchev–Trinajstić information content (AvgIpc) is 2.87. The van der Waals surface area contributed by atoms with Crippen LogP contribution in [0.5, 0.6) is 0 Å². The highest BCUT2D eigenvalue weighted by Gasteiger charge is 2.43. The van der Waals surface area contributed by atoms with Crippen molar-refractivity contribution in [3.8, 4) is 0 Å². The van der Waals surface area contributed by atoms with Crippen molar-refractivity contribution in [2.24, 2.45) is 0 Å². The van der Waals surface area contributed by atoms with Gasteiger partial charge in [0.1, 0.15) is 18.3 Å². The zero-order valence-corrected chi connectivity index (χ0v) is 13.6. The molecule has 1 aliphatic rings. The van der Waals surface area contributed by atoms with Crippen LogP contribution in [0.25, 0.3) is 0 Å². The zero-order valence-electron chi connectivity index (χ0n) is 13.6. The first-order valence-corrected chi connectivity index (χ1v) is 7.47. The number of nitrogens with one attached hydrogen (secondary N) is 3. The maximum absolute atomic E-state index is 11.4. The van der Waals surface area contributed by atoms with Gasteiger partial charge >= 0.3 is 11.4 Å². The molecule has 0 spiro atoms. The number of hydrogen-bond acceptors (Lipinski definition) is 8. The second-order valence-electron chi connectivity index (χ2n) is 5.50. The second kappa shape index (κ2) is 8.05. The van der Waals surface area contributed by atoms with Crippen molar-refractivity contribution >= 4 is 0 Å². The third-order valence-electron chi connectivity index (χ3n) is 3.65. The van der Waals surface area contributed by atoms with Crippen molar-refractivity contribution in [1.29, 1.82) is 0 Å². The monoisotopic (exact) mass is 370 g/mol. The average molecular weight is 370 g/mol. The number of aromatic nitrogens is 4. The molecule has 0 bridgehead atoms. The normalized spacial score (nSPS) is 24.8. The van der Waals surface area contributed by atoms with E-state index in [1.165, 1.54) is 6.20 Å². The number of rotatable bonds is 2. The Bertz CT molecular complexity index is 974. The number of hydrogen-bond donors (Lipinski definition) is 6. The van der Waals surface area contributed by atoms with Crippen LogP contribution in [0.4, 0.5) is 0 Å². The van der Waals surface area contributed by atoms with Crippen LogP contribution in [0, 0.1) is 6.92 Å². The minimum absolute atomic E-state index is 0.334. The molecule has 1 fully saturated rings. The molecule has 0 aromatic carbocycles. The SMILES string of the molecule is Cc1c[nH]c(=O)[nH]c1=O.O=c1ccn([C@@H]2O[C@H](CO)[C@@H](O)[C@H]2O)c(=O)[nH]1. The number of ether oxygens (including phenoxy) is 1. The molecular weight excluding hydrogens is 352 g/mol. The summed E-state index contributed by atoms with van der Waals surface area (Å²) in [6, 6.07) is 1.09. The molecule has 0 unspecified atom stereocenters. The van der Waals surface area contributed by atoms with E-state index in [0.29, 0.717) is 5.56 Å². The highest BCUT2D eigenvalue weighted by Crippen LogP contribution is 2.27. The Morgan fingerprint density at radius 3 is 2.35 bits per heavy atom. The van der Waals surface area contributed by atoms with Crippen LogP contribution in [0.3, 0.4) is 0 Å². The van der Waals surface area contributed by atoms with Gasteiger partial charge in [-0.1, -0.05) is 0 Å². The molecule has 4 atom stereocenters. The standard InChI is InChI=1S/C9H12N2O6.C5H6N2O2/c12-3-4-6(14)7(15)8(17-4)11-2-1-5(13)10-9(11)16;1-3-2-6-5(9)7-4(3)8/h1-2,4,6-8,12,14-15H,3H2,(H,10,13,16);2H,1H3,(H2,6,7,8,9)/t4-,6-,7-,8-;/m1./s1. The number of aromatic amines is 3. The first kappa shape index (κ1) is 19.5. The number of aliphatic hydroxyl groups excluding tert-OH is 3. The molecule has 26 heavy (non-hydrogen) atoms. The molecule has 6 N–H and O–H groups in total. The van der Waals surface area contributed by atoms with Crippen molar-refractivity contribution in [2.45, 2.75) is 31.5 Å².